The number of likely N-dealkylation sites (tertiary alicyclic amines) is 1. The van der Waals surface area contributed by atoms with Crippen molar-refractivity contribution in [3.8, 4) is 6.07 Å². The number of aliphatic hydroxyl groups is 1. The quantitative estimate of drug-likeness (QED) is 0.915. The Morgan fingerprint density at radius 2 is 2.29 bits per heavy atom. The third-order valence-corrected chi connectivity index (χ3v) is 4.75. The molecule has 1 aliphatic heterocycles. The number of nitrogens with zero attached hydrogens (tertiary/aromatic N) is 5. The van der Waals surface area contributed by atoms with Gasteiger partial charge in [0, 0.05) is 31.6 Å². The number of β-amino-alcohol motifs (C(OH)–C–C–N with tert-alkyl or cyclic N) is 1. The second-order valence-electron chi connectivity index (χ2n) is 6.49. The monoisotopic (exact) mass is 345 g/mol. The predicted molar refractivity (Wildman–Crippen MR) is 90.3 cm³/mol. The molecule has 6 nitrogen and oxygen atoms in total. The van der Waals surface area contributed by atoms with Crippen molar-refractivity contribution < 1.29 is 5.11 Å². The molecule has 126 valence electrons. The van der Waals surface area contributed by atoms with E-state index in [0.29, 0.717) is 30.1 Å². The zero-order valence-corrected chi connectivity index (χ0v) is 14.4. The van der Waals surface area contributed by atoms with Crippen molar-refractivity contribution in [3.63, 3.8) is 0 Å². The van der Waals surface area contributed by atoms with E-state index < -0.39 is 5.60 Å². The van der Waals surface area contributed by atoms with Crippen molar-refractivity contribution in [2.24, 2.45) is 7.05 Å². The van der Waals surface area contributed by atoms with E-state index in [1.165, 1.54) is 0 Å². The molecule has 0 radical (unpaired) electrons. The minimum atomic E-state index is -0.821. The molecule has 1 saturated heterocycles. The van der Waals surface area contributed by atoms with Gasteiger partial charge in [0.1, 0.15) is 12.2 Å². The molecule has 1 unspecified atom stereocenters. The number of rotatable bonds is 4. The van der Waals surface area contributed by atoms with E-state index in [1.807, 2.05) is 17.7 Å². The number of benzene rings is 1. The van der Waals surface area contributed by atoms with E-state index in [0.717, 1.165) is 30.8 Å². The molecule has 0 bridgehead atoms. The Labute approximate surface area is 146 Å². The Balaban J connectivity index is 1.72. The smallest absolute Gasteiger partial charge is 0.135 e. The Morgan fingerprint density at radius 3 is 3.00 bits per heavy atom. The van der Waals surface area contributed by atoms with Crippen LogP contribution in [-0.4, -0.2) is 43.5 Å². The molecule has 2 heterocycles. The molecule has 2 aromatic rings. The van der Waals surface area contributed by atoms with E-state index in [4.69, 9.17) is 11.6 Å². The number of piperidine rings is 1. The van der Waals surface area contributed by atoms with Crippen LogP contribution in [0.3, 0.4) is 0 Å². The largest absolute Gasteiger partial charge is 0.388 e. The van der Waals surface area contributed by atoms with Crippen LogP contribution in [0.5, 0.6) is 0 Å². The van der Waals surface area contributed by atoms with Gasteiger partial charge in [-0.2, -0.15) is 5.26 Å². The van der Waals surface area contributed by atoms with Crippen LogP contribution in [0.1, 0.15) is 29.8 Å². The lowest BCUT2D eigenvalue weighted by Gasteiger charge is -2.39. The maximum atomic E-state index is 11.0. The van der Waals surface area contributed by atoms with Gasteiger partial charge in [0.2, 0.25) is 0 Å². The highest BCUT2D eigenvalue weighted by atomic mass is 35.5. The normalized spacial score (nSPS) is 21.6. The van der Waals surface area contributed by atoms with E-state index in [-0.39, 0.29) is 0 Å². The fraction of sp³-hybridized carbons (Fsp3) is 0.471. The Morgan fingerprint density at radius 1 is 1.46 bits per heavy atom. The van der Waals surface area contributed by atoms with Gasteiger partial charge in [0.05, 0.1) is 17.2 Å². The first kappa shape index (κ1) is 16.9. The highest BCUT2D eigenvalue weighted by Crippen LogP contribution is 2.26. The van der Waals surface area contributed by atoms with Gasteiger partial charge in [-0.1, -0.05) is 17.7 Å². The van der Waals surface area contributed by atoms with Gasteiger partial charge in [-0.3, -0.25) is 4.90 Å². The third kappa shape index (κ3) is 3.75. The van der Waals surface area contributed by atoms with E-state index in [9.17, 15) is 10.4 Å². The summed E-state index contributed by atoms with van der Waals surface area (Å²) in [5.74, 6) is 0.781. The van der Waals surface area contributed by atoms with Gasteiger partial charge in [-0.25, -0.2) is 0 Å². The van der Waals surface area contributed by atoms with Crippen LogP contribution in [0.15, 0.2) is 24.5 Å². The van der Waals surface area contributed by atoms with Crippen LogP contribution in [0.25, 0.3) is 0 Å². The first-order chi connectivity index (χ1) is 11.5. The molecule has 0 amide bonds. The van der Waals surface area contributed by atoms with Gasteiger partial charge >= 0.3 is 0 Å². The van der Waals surface area contributed by atoms with Crippen molar-refractivity contribution in [1.29, 1.82) is 5.26 Å². The highest BCUT2D eigenvalue weighted by Gasteiger charge is 2.34. The lowest BCUT2D eigenvalue weighted by Crippen LogP contribution is -2.49. The molecule has 1 fully saturated rings. The second kappa shape index (κ2) is 6.89. The van der Waals surface area contributed by atoms with Crippen molar-refractivity contribution in [2.75, 3.05) is 13.1 Å². The van der Waals surface area contributed by atoms with E-state index in [1.54, 1.807) is 18.5 Å². The van der Waals surface area contributed by atoms with Gasteiger partial charge in [0.15, 0.2) is 0 Å². The summed E-state index contributed by atoms with van der Waals surface area (Å²) >= 11 is 5.96. The lowest BCUT2D eigenvalue weighted by molar-refractivity contribution is -0.0345. The molecular formula is C17H20ClN5O. The van der Waals surface area contributed by atoms with Crippen molar-refractivity contribution in [3.05, 3.63) is 46.5 Å². The molecule has 1 aromatic carbocycles. The summed E-state index contributed by atoms with van der Waals surface area (Å²) in [5.41, 5.74) is 0.702. The number of halogens is 1. The zero-order chi connectivity index (χ0) is 17.2. The van der Waals surface area contributed by atoms with Crippen molar-refractivity contribution >= 4 is 11.6 Å². The number of hydrogen-bond donors (Lipinski definition) is 1. The van der Waals surface area contributed by atoms with E-state index >= 15 is 0 Å². The van der Waals surface area contributed by atoms with Crippen LogP contribution in [0, 0.1) is 11.3 Å². The molecule has 1 atom stereocenters. The summed E-state index contributed by atoms with van der Waals surface area (Å²) in [5, 5.41) is 28.8. The topological polar surface area (TPSA) is 78.0 Å². The number of aryl methyl sites for hydroxylation is 1. The van der Waals surface area contributed by atoms with Gasteiger partial charge < -0.3 is 9.67 Å². The molecule has 1 aromatic heterocycles. The average Bonchev–Trinajstić information content (AvgIpc) is 2.93. The van der Waals surface area contributed by atoms with Crippen molar-refractivity contribution in [1.82, 2.24) is 19.7 Å². The predicted octanol–water partition coefficient (Wildman–Crippen LogP) is 1.91. The Kier molecular flexibility index (Phi) is 4.86. The fourth-order valence-electron chi connectivity index (χ4n) is 3.28. The molecule has 0 spiro atoms. The number of hydrogen-bond acceptors (Lipinski definition) is 5. The van der Waals surface area contributed by atoms with Crippen LogP contribution < -0.4 is 0 Å². The first-order valence-corrected chi connectivity index (χ1v) is 8.33. The average molecular weight is 346 g/mol. The van der Waals surface area contributed by atoms with Gasteiger partial charge in [-0.15, -0.1) is 10.2 Å². The highest BCUT2D eigenvalue weighted by molar-refractivity contribution is 6.30. The molecule has 0 aliphatic carbocycles. The number of aromatic nitrogens is 3. The maximum Gasteiger partial charge on any atom is 0.135 e. The van der Waals surface area contributed by atoms with Crippen molar-refractivity contribution in [2.45, 2.75) is 31.4 Å². The molecule has 0 saturated carbocycles. The zero-order valence-electron chi connectivity index (χ0n) is 13.6. The fourth-order valence-corrected chi connectivity index (χ4v) is 3.45. The third-order valence-electron chi connectivity index (χ3n) is 4.51. The summed E-state index contributed by atoms with van der Waals surface area (Å²) in [6.07, 6.45) is 3.77. The lowest BCUT2D eigenvalue weighted by atomic mass is 9.89. The summed E-state index contributed by atoms with van der Waals surface area (Å²) in [4.78, 5) is 2.18. The molecule has 3 rings (SSSR count). The molecule has 7 heteroatoms. The van der Waals surface area contributed by atoms with Crippen LogP contribution in [0.4, 0.5) is 0 Å². The van der Waals surface area contributed by atoms with Crippen LogP contribution in [0.2, 0.25) is 5.02 Å². The maximum absolute atomic E-state index is 11.0. The van der Waals surface area contributed by atoms with Gasteiger partial charge in [-0.05, 0) is 37.1 Å². The molecule has 1 aliphatic rings. The summed E-state index contributed by atoms with van der Waals surface area (Å²) < 4.78 is 1.84. The number of nitriles is 1. The summed E-state index contributed by atoms with van der Waals surface area (Å²) in [6, 6.07) is 7.57. The Bertz CT molecular complexity index is 769. The van der Waals surface area contributed by atoms with Gasteiger partial charge in [0.25, 0.3) is 0 Å². The standard InChI is InChI=1S/C17H20ClN5O/c1-22-12-20-21-16(22)8-17(24)5-2-6-23(11-17)10-13-3-4-15(18)7-14(13)9-19/h3-4,7,12,24H,2,5-6,8,10-11H2,1H3. The first-order valence-electron chi connectivity index (χ1n) is 7.95. The molecule has 24 heavy (non-hydrogen) atoms. The summed E-state index contributed by atoms with van der Waals surface area (Å²) in [7, 11) is 1.88. The minimum absolute atomic E-state index is 0.478. The molecular weight excluding hydrogens is 326 g/mol. The van der Waals surface area contributed by atoms with E-state index in [2.05, 4.69) is 21.2 Å². The molecule has 1 N–H and O–H groups in total. The minimum Gasteiger partial charge on any atom is -0.388 e. The second-order valence-corrected chi connectivity index (χ2v) is 6.92. The SMILES string of the molecule is Cn1cnnc1CC1(O)CCCN(Cc2ccc(Cl)cc2C#N)C1. The van der Waals surface area contributed by atoms with Crippen LogP contribution >= 0.6 is 11.6 Å². The Hall–Kier alpha value is -1.94. The van der Waals surface area contributed by atoms with Crippen LogP contribution in [-0.2, 0) is 20.0 Å². The summed E-state index contributed by atoms with van der Waals surface area (Å²) in [6.45, 7) is 2.07.